The lowest BCUT2D eigenvalue weighted by atomic mass is 9.98. The quantitative estimate of drug-likeness (QED) is 0.217. The Morgan fingerprint density at radius 3 is 2.29 bits per heavy atom. The first-order valence-corrected chi connectivity index (χ1v) is 14.3. The van der Waals surface area contributed by atoms with E-state index < -0.39 is 12.4 Å². The molecule has 3 N–H and O–H groups in total. The van der Waals surface area contributed by atoms with E-state index in [-0.39, 0.29) is 30.8 Å². The number of likely N-dealkylation sites (N-methyl/N-ethyl adjacent to an activating group) is 1. The third kappa shape index (κ3) is 7.31. The van der Waals surface area contributed by atoms with Gasteiger partial charge in [0.1, 0.15) is 0 Å². The minimum atomic E-state index is -0.664. The predicted octanol–water partition coefficient (Wildman–Crippen LogP) is 6.03. The molecule has 218 valence electrons. The van der Waals surface area contributed by atoms with Gasteiger partial charge in [-0.25, -0.2) is 0 Å². The first-order chi connectivity index (χ1) is 20.4. The molecule has 0 aromatic heterocycles. The van der Waals surface area contributed by atoms with Crippen molar-refractivity contribution in [3.8, 4) is 0 Å². The number of nitrogens with zero attached hydrogens (tertiary/aromatic N) is 1. The summed E-state index contributed by atoms with van der Waals surface area (Å²) >= 11 is 0. The fourth-order valence-electron chi connectivity index (χ4n) is 5.25. The second-order valence-electron chi connectivity index (χ2n) is 10.8. The van der Waals surface area contributed by atoms with Gasteiger partial charge in [0.2, 0.25) is 0 Å². The van der Waals surface area contributed by atoms with Crippen LogP contribution in [-0.2, 0) is 16.1 Å². The first kappa shape index (κ1) is 29.6. The molecular weight excluding hydrogens is 528 g/mol. The highest BCUT2D eigenvalue weighted by molar-refractivity contribution is 6.04. The van der Waals surface area contributed by atoms with Crippen LogP contribution in [0.4, 0.5) is 5.69 Å². The maximum atomic E-state index is 12.8. The topological polar surface area (TPSA) is 91.3 Å². The fraction of sp³-hybridized carbons (Fsp3) is 0.286. The lowest BCUT2D eigenvalue weighted by Crippen LogP contribution is -2.43. The molecule has 5 atom stereocenters. The third-order valence-corrected chi connectivity index (χ3v) is 7.85. The van der Waals surface area contributed by atoms with Crippen LogP contribution >= 0.6 is 0 Å². The van der Waals surface area contributed by atoms with Crippen LogP contribution in [-0.4, -0.2) is 46.8 Å². The van der Waals surface area contributed by atoms with E-state index in [0.717, 1.165) is 22.3 Å². The van der Waals surface area contributed by atoms with Gasteiger partial charge >= 0.3 is 0 Å². The van der Waals surface area contributed by atoms with Crippen molar-refractivity contribution in [2.24, 2.45) is 0 Å². The summed E-state index contributed by atoms with van der Waals surface area (Å²) in [5, 5.41) is 23.5. The third-order valence-electron chi connectivity index (χ3n) is 7.85. The number of rotatable bonds is 10. The van der Waals surface area contributed by atoms with Crippen molar-refractivity contribution in [3.63, 3.8) is 0 Å². The van der Waals surface area contributed by atoms with E-state index in [1.54, 1.807) is 12.1 Å². The van der Waals surface area contributed by atoms with Gasteiger partial charge in [0.05, 0.1) is 24.9 Å². The number of anilines is 1. The van der Waals surface area contributed by atoms with Crippen LogP contribution in [0.25, 0.3) is 0 Å². The van der Waals surface area contributed by atoms with Crippen molar-refractivity contribution in [2.75, 3.05) is 18.9 Å². The lowest BCUT2D eigenvalue weighted by molar-refractivity contribution is -0.253. The van der Waals surface area contributed by atoms with Crippen LogP contribution in [0.3, 0.4) is 0 Å². The highest BCUT2D eigenvalue weighted by Crippen LogP contribution is 2.39. The molecule has 0 spiro atoms. The molecule has 7 heteroatoms. The summed E-state index contributed by atoms with van der Waals surface area (Å²) in [6.07, 6.45) is -1.12. The predicted molar refractivity (Wildman–Crippen MR) is 163 cm³/mol. The highest BCUT2D eigenvalue weighted by atomic mass is 16.7. The number of benzene rings is 4. The van der Waals surface area contributed by atoms with Gasteiger partial charge in [-0.05, 0) is 54.9 Å². The molecule has 5 rings (SSSR count). The van der Waals surface area contributed by atoms with Crippen molar-refractivity contribution in [1.82, 2.24) is 4.90 Å². The summed E-state index contributed by atoms with van der Waals surface area (Å²) in [6.45, 7) is 2.58. The number of ether oxygens (including phenoxy) is 2. The number of hydrogen-bond acceptors (Lipinski definition) is 6. The average molecular weight is 567 g/mol. The molecule has 0 radical (unpaired) electrons. The number of hydrogen-bond donors (Lipinski definition) is 3. The molecule has 0 aliphatic carbocycles. The van der Waals surface area contributed by atoms with Crippen molar-refractivity contribution in [1.29, 1.82) is 0 Å². The van der Waals surface area contributed by atoms with Crippen molar-refractivity contribution in [2.45, 2.75) is 50.6 Å². The average Bonchev–Trinajstić information content (AvgIpc) is 3.04. The Balaban J connectivity index is 1.35. The zero-order valence-corrected chi connectivity index (χ0v) is 24.0. The van der Waals surface area contributed by atoms with E-state index in [1.807, 2.05) is 111 Å². The molecule has 0 unspecified atom stereocenters. The number of aliphatic hydroxyl groups is 2. The Labute approximate surface area is 247 Å². The van der Waals surface area contributed by atoms with Gasteiger partial charge in [0, 0.05) is 35.8 Å². The summed E-state index contributed by atoms with van der Waals surface area (Å²) in [6, 6.07) is 33.9. The molecule has 1 heterocycles. The smallest absolute Gasteiger partial charge is 0.255 e. The maximum Gasteiger partial charge on any atom is 0.255 e. The molecule has 1 aliphatic rings. The summed E-state index contributed by atoms with van der Waals surface area (Å²) < 4.78 is 13.0. The van der Waals surface area contributed by atoms with Crippen LogP contribution in [0.5, 0.6) is 0 Å². The second kappa shape index (κ2) is 13.9. The van der Waals surface area contributed by atoms with Crippen molar-refractivity contribution in [3.05, 3.63) is 137 Å². The SMILES string of the molecule is C[C@H]([C@@H](O)c1ccccc1)N(C)C[C@H]1C[C@@H](c2ccc(CO)cc2)O[C@@H](c2cccc(NC(=O)c3ccccc3)c2)O1. The van der Waals surface area contributed by atoms with Crippen molar-refractivity contribution >= 4 is 11.6 Å². The van der Waals surface area contributed by atoms with E-state index in [4.69, 9.17) is 9.47 Å². The van der Waals surface area contributed by atoms with Crippen LogP contribution in [0.15, 0.2) is 109 Å². The van der Waals surface area contributed by atoms with E-state index in [1.165, 1.54) is 0 Å². The molecule has 1 saturated heterocycles. The lowest BCUT2D eigenvalue weighted by Gasteiger charge is -2.39. The number of nitrogens with one attached hydrogen (secondary N) is 1. The monoisotopic (exact) mass is 566 g/mol. The zero-order valence-electron chi connectivity index (χ0n) is 24.0. The Morgan fingerprint density at radius 2 is 1.60 bits per heavy atom. The fourth-order valence-corrected chi connectivity index (χ4v) is 5.25. The van der Waals surface area contributed by atoms with E-state index in [9.17, 15) is 15.0 Å². The van der Waals surface area contributed by atoms with Crippen molar-refractivity contribution < 1.29 is 24.5 Å². The normalized spacial score (nSPS) is 20.2. The zero-order chi connectivity index (χ0) is 29.5. The minimum Gasteiger partial charge on any atom is -0.392 e. The van der Waals surface area contributed by atoms with Gasteiger partial charge in [-0.2, -0.15) is 0 Å². The summed E-state index contributed by atoms with van der Waals surface area (Å²) in [7, 11) is 2.00. The number of carbonyl (C=O) groups excluding carboxylic acids is 1. The van der Waals surface area contributed by atoms with E-state index >= 15 is 0 Å². The molecule has 7 nitrogen and oxygen atoms in total. The summed E-state index contributed by atoms with van der Waals surface area (Å²) in [4.78, 5) is 14.9. The molecule has 1 amide bonds. The largest absolute Gasteiger partial charge is 0.392 e. The maximum absolute atomic E-state index is 12.8. The van der Waals surface area contributed by atoms with Gasteiger partial charge < -0.3 is 25.0 Å². The highest BCUT2D eigenvalue weighted by Gasteiger charge is 2.34. The number of amides is 1. The Kier molecular flexibility index (Phi) is 9.79. The molecule has 1 aliphatic heterocycles. The van der Waals surface area contributed by atoms with E-state index in [2.05, 4.69) is 10.2 Å². The van der Waals surface area contributed by atoms with Gasteiger partial charge in [-0.15, -0.1) is 0 Å². The number of aliphatic hydroxyl groups excluding tert-OH is 2. The molecule has 4 aromatic rings. The second-order valence-corrected chi connectivity index (χ2v) is 10.8. The standard InChI is InChI=1S/C35H38N2O5/c1-24(33(39)27-10-5-3-6-11-27)37(2)22-31-21-32(26-18-16-25(23-38)17-19-26)42-35(41-31)29-14-9-15-30(20-29)36-34(40)28-12-7-4-8-13-28/h3-20,24,31-33,35,38-39H,21-23H2,1-2H3,(H,36,40)/t24-,31-,32+,33-,35+/m1/s1. The Bertz CT molecular complexity index is 1430. The molecule has 1 fully saturated rings. The van der Waals surface area contributed by atoms with E-state index in [0.29, 0.717) is 24.2 Å². The minimum absolute atomic E-state index is 0.0198. The van der Waals surface area contributed by atoms with Gasteiger partial charge in [-0.1, -0.05) is 84.9 Å². The molecule has 0 bridgehead atoms. The first-order valence-electron chi connectivity index (χ1n) is 14.3. The van der Waals surface area contributed by atoms with Gasteiger partial charge in [0.15, 0.2) is 6.29 Å². The Morgan fingerprint density at radius 1 is 0.905 bits per heavy atom. The molecule has 4 aromatic carbocycles. The Hall–Kier alpha value is -3.85. The van der Waals surface area contributed by atoms with Crippen LogP contribution in [0.1, 0.15) is 64.5 Å². The molecule has 0 saturated carbocycles. The van der Waals surface area contributed by atoms with Crippen LogP contribution < -0.4 is 5.32 Å². The molecular formula is C35H38N2O5. The summed E-state index contributed by atoms with van der Waals surface area (Å²) in [5.41, 5.74) is 4.73. The van der Waals surface area contributed by atoms with Gasteiger partial charge in [0.25, 0.3) is 5.91 Å². The van der Waals surface area contributed by atoms with Crippen LogP contribution in [0.2, 0.25) is 0 Å². The van der Waals surface area contributed by atoms with Crippen LogP contribution in [0, 0.1) is 0 Å². The van der Waals surface area contributed by atoms with Gasteiger partial charge in [-0.3, -0.25) is 9.69 Å². The molecule has 42 heavy (non-hydrogen) atoms. The number of carbonyl (C=O) groups is 1. The summed E-state index contributed by atoms with van der Waals surface area (Å²) in [5.74, 6) is -0.189.